The van der Waals surface area contributed by atoms with Crippen molar-refractivity contribution in [2.75, 3.05) is 20.3 Å². The number of nitrogens with one attached hydrogen (secondary N) is 1. The quantitative estimate of drug-likeness (QED) is 0.841. The first-order valence-electron chi connectivity index (χ1n) is 4.43. The highest BCUT2D eigenvalue weighted by Gasteiger charge is 2.06. The summed E-state index contributed by atoms with van der Waals surface area (Å²) in [5.74, 6) is 0.793. The fourth-order valence-electron chi connectivity index (χ4n) is 0.979. The molecule has 2 N–H and O–H groups in total. The normalized spacial score (nSPS) is 12.5. The number of hydrogen-bond acceptors (Lipinski definition) is 3. The van der Waals surface area contributed by atoms with E-state index in [-0.39, 0.29) is 12.6 Å². The van der Waals surface area contributed by atoms with Crippen LogP contribution in [0, 0.1) is 0 Å². The molecule has 0 spiro atoms. The Morgan fingerprint density at radius 2 is 2.21 bits per heavy atom. The maximum absolute atomic E-state index is 8.92. The van der Waals surface area contributed by atoms with Crippen LogP contribution in [0.15, 0.2) is 28.7 Å². The smallest absolute Gasteiger partial charge is 0.133 e. The van der Waals surface area contributed by atoms with Crippen molar-refractivity contribution < 1.29 is 9.84 Å². The number of aliphatic hydroxyl groups excluding tert-OH is 1. The second kappa shape index (κ2) is 6.01. The molecule has 1 aromatic carbocycles. The summed E-state index contributed by atoms with van der Waals surface area (Å²) in [4.78, 5) is 0. The summed E-state index contributed by atoms with van der Waals surface area (Å²) < 4.78 is 6.44. The molecule has 78 valence electrons. The van der Waals surface area contributed by atoms with Crippen molar-refractivity contribution in [1.82, 2.24) is 5.32 Å². The molecule has 1 unspecified atom stereocenters. The number of benzene rings is 1. The van der Waals surface area contributed by atoms with E-state index in [0.717, 1.165) is 10.2 Å². The molecule has 0 fully saturated rings. The van der Waals surface area contributed by atoms with Gasteiger partial charge >= 0.3 is 0 Å². The first-order valence-corrected chi connectivity index (χ1v) is 5.22. The van der Waals surface area contributed by atoms with Crippen molar-refractivity contribution in [3.05, 3.63) is 28.7 Å². The Kier molecular flexibility index (Phi) is 4.93. The predicted molar refractivity (Wildman–Crippen MR) is 59.6 cm³/mol. The lowest BCUT2D eigenvalue weighted by Gasteiger charge is -2.14. The standard InChI is InChI=1S/C10H14BrNO2/c1-12-8(6-13)7-14-10-5-3-2-4-9(10)11/h2-5,8,12-13H,6-7H2,1H3. The van der Waals surface area contributed by atoms with Gasteiger partial charge in [-0.3, -0.25) is 0 Å². The van der Waals surface area contributed by atoms with E-state index in [4.69, 9.17) is 9.84 Å². The second-order valence-corrected chi connectivity index (χ2v) is 3.76. The lowest BCUT2D eigenvalue weighted by atomic mass is 10.3. The molecule has 4 heteroatoms. The van der Waals surface area contributed by atoms with Crippen LogP contribution in [-0.4, -0.2) is 31.4 Å². The van der Waals surface area contributed by atoms with E-state index >= 15 is 0 Å². The van der Waals surface area contributed by atoms with Crippen LogP contribution in [-0.2, 0) is 0 Å². The van der Waals surface area contributed by atoms with Crippen molar-refractivity contribution in [3.63, 3.8) is 0 Å². The van der Waals surface area contributed by atoms with E-state index in [9.17, 15) is 0 Å². The molecule has 0 saturated heterocycles. The molecule has 0 aliphatic heterocycles. The van der Waals surface area contributed by atoms with Gasteiger partial charge < -0.3 is 15.2 Å². The molecular formula is C10H14BrNO2. The van der Waals surface area contributed by atoms with Crippen LogP contribution in [0.2, 0.25) is 0 Å². The van der Waals surface area contributed by atoms with Crippen LogP contribution in [0.25, 0.3) is 0 Å². The van der Waals surface area contributed by atoms with E-state index in [2.05, 4.69) is 21.2 Å². The first kappa shape index (κ1) is 11.5. The summed E-state index contributed by atoms with van der Waals surface area (Å²) in [6.07, 6.45) is 0. The highest BCUT2D eigenvalue weighted by atomic mass is 79.9. The number of halogens is 1. The molecule has 14 heavy (non-hydrogen) atoms. The van der Waals surface area contributed by atoms with Crippen molar-refractivity contribution in [1.29, 1.82) is 0 Å². The zero-order chi connectivity index (χ0) is 10.4. The average Bonchev–Trinajstić information content (AvgIpc) is 2.22. The van der Waals surface area contributed by atoms with Gasteiger partial charge in [0.1, 0.15) is 12.4 Å². The molecule has 1 rings (SSSR count). The van der Waals surface area contributed by atoms with Crippen LogP contribution in [0.3, 0.4) is 0 Å². The third kappa shape index (κ3) is 3.29. The second-order valence-electron chi connectivity index (χ2n) is 2.91. The zero-order valence-corrected chi connectivity index (χ0v) is 9.62. The summed E-state index contributed by atoms with van der Waals surface area (Å²) >= 11 is 3.38. The molecule has 0 amide bonds. The summed E-state index contributed by atoms with van der Waals surface area (Å²) in [7, 11) is 1.80. The SMILES string of the molecule is CNC(CO)COc1ccccc1Br. The minimum atomic E-state index is -0.0258. The molecule has 0 radical (unpaired) electrons. The van der Waals surface area contributed by atoms with Crippen LogP contribution in [0.4, 0.5) is 0 Å². The van der Waals surface area contributed by atoms with Gasteiger partial charge in [0, 0.05) is 0 Å². The van der Waals surface area contributed by atoms with Gasteiger partial charge in [-0.25, -0.2) is 0 Å². The van der Waals surface area contributed by atoms with Crippen LogP contribution in [0.1, 0.15) is 0 Å². The van der Waals surface area contributed by atoms with Gasteiger partial charge in [0.05, 0.1) is 17.1 Å². The predicted octanol–water partition coefficient (Wildman–Crippen LogP) is 1.41. The lowest BCUT2D eigenvalue weighted by Crippen LogP contribution is -2.34. The Hall–Kier alpha value is -0.580. The Bertz CT molecular complexity index is 277. The third-order valence-corrected chi connectivity index (χ3v) is 2.56. The van der Waals surface area contributed by atoms with Crippen molar-refractivity contribution in [2.45, 2.75) is 6.04 Å². The minimum absolute atomic E-state index is 0.0258. The van der Waals surface area contributed by atoms with Gasteiger partial charge in [-0.1, -0.05) is 12.1 Å². The van der Waals surface area contributed by atoms with Gasteiger partial charge in [0.25, 0.3) is 0 Å². The van der Waals surface area contributed by atoms with E-state index < -0.39 is 0 Å². The number of aliphatic hydroxyl groups is 1. The summed E-state index contributed by atoms with van der Waals surface area (Å²) in [5.41, 5.74) is 0. The molecule has 1 aromatic rings. The van der Waals surface area contributed by atoms with Gasteiger partial charge in [-0.15, -0.1) is 0 Å². The molecule has 3 nitrogen and oxygen atoms in total. The third-order valence-electron chi connectivity index (χ3n) is 1.91. The minimum Gasteiger partial charge on any atom is -0.491 e. The maximum Gasteiger partial charge on any atom is 0.133 e. The van der Waals surface area contributed by atoms with Crippen LogP contribution < -0.4 is 10.1 Å². The number of para-hydroxylation sites is 1. The Morgan fingerprint density at radius 3 is 2.79 bits per heavy atom. The topological polar surface area (TPSA) is 41.5 Å². The number of ether oxygens (including phenoxy) is 1. The Morgan fingerprint density at radius 1 is 1.50 bits per heavy atom. The van der Waals surface area contributed by atoms with Gasteiger partial charge in [0.15, 0.2) is 0 Å². The van der Waals surface area contributed by atoms with Gasteiger partial charge in [0.2, 0.25) is 0 Å². The Labute approximate surface area is 92.2 Å². The van der Waals surface area contributed by atoms with Crippen LogP contribution in [0.5, 0.6) is 5.75 Å². The van der Waals surface area contributed by atoms with Crippen molar-refractivity contribution >= 4 is 15.9 Å². The summed E-state index contributed by atoms with van der Waals surface area (Å²) in [6, 6.07) is 7.62. The fourth-order valence-corrected chi connectivity index (χ4v) is 1.38. The van der Waals surface area contributed by atoms with E-state index in [1.165, 1.54) is 0 Å². The monoisotopic (exact) mass is 259 g/mol. The highest BCUT2D eigenvalue weighted by molar-refractivity contribution is 9.10. The zero-order valence-electron chi connectivity index (χ0n) is 8.03. The first-order chi connectivity index (χ1) is 6.77. The number of hydrogen-bond donors (Lipinski definition) is 2. The van der Waals surface area contributed by atoms with Crippen molar-refractivity contribution in [3.8, 4) is 5.75 Å². The summed E-state index contributed by atoms with van der Waals surface area (Å²) in [6.45, 7) is 0.524. The summed E-state index contributed by atoms with van der Waals surface area (Å²) in [5, 5.41) is 11.9. The number of likely N-dealkylation sites (N-methyl/N-ethyl adjacent to an activating group) is 1. The van der Waals surface area contributed by atoms with E-state index in [1.54, 1.807) is 7.05 Å². The molecular weight excluding hydrogens is 246 g/mol. The highest BCUT2D eigenvalue weighted by Crippen LogP contribution is 2.23. The molecule has 0 saturated carbocycles. The lowest BCUT2D eigenvalue weighted by molar-refractivity contribution is 0.188. The van der Waals surface area contributed by atoms with Gasteiger partial charge in [-0.05, 0) is 35.1 Å². The average molecular weight is 260 g/mol. The molecule has 1 atom stereocenters. The molecule has 0 aromatic heterocycles. The molecule has 0 aliphatic carbocycles. The maximum atomic E-state index is 8.92. The largest absolute Gasteiger partial charge is 0.491 e. The number of rotatable bonds is 5. The molecule has 0 bridgehead atoms. The van der Waals surface area contributed by atoms with Gasteiger partial charge in [-0.2, -0.15) is 0 Å². The Balaban J connectivity index is 2.49. The van der Waals surface area contributed by atoms with E-state index in [1.807, 2.05) is 24.3 Å². The van der Waals surface area contributed by atoms with E-state index in [0.29, 0.717) is 6.61 Å². The van der Waals surface area contributed by atoms with Crippen LogP contribution >= 0.6 is 15.9 Å². The fraction of sp³-hybridized carbons (Fsp3) is 0.400. The molecule has 0 heterocycles. The van der Waals surface area contributed by atoms with Crippen molar-refractivity contribution in [2.24, 2.45) is 0 Å². The molecule has 0 aliphatic rings.